The van der Waals surface area contributed by atoms with E-state index in [4.69, 9.17) is 11.6 Å². The van der Waals surface area contributed by atoms with E-state index < -0.39 is 16.1 Å². The number of carbonyl (C=O) groups excluding carboxylic acids is 1. The maximum absolute atomic E-state index is 13.3. The number of amides is 1. The van der Waals surface area contributed by atoms with Gasteiger partial charge in [-0.1, -0.05) is 53.7 Å². The van der Waals surface area contributed by atoms with Crippen LogP contribution in [0.1, 0.15) is 6.92 Å². The van der Waals surface area contributed by atoms with Gasteiger partial charge in [0, 0.05) is 12.1 Å². The van der Waals surface area contributed by atoms with Crippen molar-refractivity contribution in [1.82, 2.24) is 9.55 Å². The van der Waals surface area contributed by atoms with Gasteiger partial charge < -0.3 is 5.32 Å². The van der Waals surface area contributed by atoms with Crippen LogP contribution in [0.2, 0.25) is 5.02 Å². The number of rotatable bonds is 6. The Balaban J connectivity index is 1.66. The summed E-state index contributed by atoms with van der Waals surface area (Å²) >= 11 is 7.21. The maximum atomic E-state index is 13.3. The average Bonchev–Trinajstić information content (AvgIpc) is 2.81. The summed E-state index contributed by atoms with van der Waals surface area (Å²) in [4.78, 5) is 41.1. The van der Waals surface area contributed by atoms with Crippen LogP contribution in [0.4, 0.5) is 11.4 Å². The quantitative estimate of drug-likeness (QED) is 0.179. The topological polar surface area (TPSA) is 107 Å². The predicted octanol–water partition coefficient (Wildman–Crippen LogP) is 5.07. The summed E-state index contributed by atoms with van der Waals surface area (Å²) in [7, 11) is 0. The number of benzene rings is 3. The average molecular weight is 481 g/mol. The molecule has 0 saturated heterocycles. The van der Waals surface area contributed by atoms with Crippen LogP contribution in [-0.2, 0) is 4.79 Å². The number of anilines is 1. The first-order valence-corrected chi connectivity index (χ1v) is 11.1. The van der Waals surface area contributed by atoms with Crippen molar-refractivity contribution in [3.63, 3.8) is 0 Å². The minimum Gasteiger partial charge on any atom is -0.324 e. The number of fused-ring (bicyclic) bond motifs is 1. The number of carbonyl (C=O) groups is 1. The van der Waals surface area contributed by atoms with Crippen LogP contribution in [0.3, 0.4) is 0 Å². The number of nitro benzene ring substituents is 1. The fraction of sp³-hybridized carbons (Fsp3) is 0.0870. The van der Waals surface area contributed by atoms with Gasteiger partial charge >= 0.3 is 0 Å². The highest BCUT2D eigenvalue weighted by molar-refractivity contribution is 8.00. The van der Waals surface area contributed by atoms with E-state index in [1.54, 1.807) is 43.3 Å². The number of hydrogen-bond acceptors (Lipinski definition) is 6. The van der Waals surface area contributed by atoms with E-state index in [-0.39, 0.29) is 22.0 Å². The van der Waals surface area contributed by atoms with Crippen molar-refractivity contribution in [1.29, 1.82) is 0 Å². The molecular weight excluding hydrogens is 464 g/mol. The first kappa shape index (κ1) is 22.5. The smallest absolute Gasteiger partial charge is 0.271 e. The van der Waals surface area contributed by atoms with Crippen LogP contribution in [-0.4, -0.2) is 25.6 Å². The number of non-ortho nitro benzene ring substituents is 1. The number of nitrogens with one attached hydrogen (secondary N) is 1. The Morgan fingerprint density at radius 3 is 2.52 bits per heavy atom. The molecule has 1 atom stereocenters. The Hall–Kier alpha value is -3.69. The van der Waals surface area contributed by atoms with E-state index in [2.05, 4.69) is 10.3 Å². The third-order valence-corrected chi connectivity index (χ3v) is 6.20. The molecule has 0 saturated carbocycles. The molecule has 0 fully saturated rings. The van der Waals surface area contributed by atoms with Crippen molar-refractivity contribution in [3.05, 3.63) is 98.3 Å². The molecule has 0 radical (unpaired) electrons. The molecule has 1 amide bonds. The molecule has 1 heterocycles. The van der Waals surface area contributed by atoms with Gasteiger partial charge in [-0.3, -0.25) is 24.3 Å². The monoisotopic (exact) mass is 480 g/mol. The van der Waals surface area contributed by atoms with Gasteiger partial charge in [0.2, 0.25) is 5.91 Å². The molecule has 0 bridgehead atoms. The largest absolute Gasteiger partial charge is 0.324 e. The van der Waals surface area contributed by atoms with E-state index in [1.807, 2.05) is 18.2 Å². The second kappa shape index (κ2) is 9.43. The zero-order chi connectivity index (χ0) is 23.5. The number of hydrogen-bond donors (Lipinski definition) is 1. The molecule has 3 aromatic carbocycles. The highest BCUT2D eigenvalue weighted by atomic mass is 35.5. The minimum absolute atomic E-state index is 0.0553. The van der Waals surface area contributed by atoms with Crippen molar-refractivity contribution >= 4 is 51.5 Å². The molecule has 0 aliphatic carbocycles. The van der Waals surface area contributed by atoms with E-state index >= 15 is 0 Å². The highest BCUT2D eigenvalue weighted by Gasteiger charge is 2.21. The Kier molecular flexibility index (Phi) is 6.43. The predicted molar refractivity (Wildman–Crippen MR) is 129 cm³/mol. The van der Waals surface area contributed by atoms with Crippen LogP contribution >= 0.6 is 23.4 Å². The number of aromatic nitrogens is 2. The number of halogens is 1. The Labute approximate surface area is 197 Å². The summed E-state index contributed by atoms with van der Waals surface area (Å²) in [6.07, 6.45) is 0. The summed E-state index contributed by atoms with van der Waals surface area (Å²) in [6, 6.07) is 19.9. The van der Waals surface area contributed by atoms with E-state index in [9.17, 15) is 19.7 Å². The molecule has 1 N–H and O–H groups in total. The Morgan fingerprint density at radius 1 is 1.12 bits per heavy atom. The second-order valence-electron chi connectivity index (χ2n) is 7.06. The normalized spacial score (nSPS) is 11.8. The van der Waals surface area contributed by atoms with Gasteiger partial charge in [0.1, 0.15) is 0 Å². The van der Waals surface area contributed by atoms with Crippen LogP contribution < -0.4 is 10.9 Å². The molecule has 8 nitrogen and oxygen atoms in total. The fourth-order valence-corrected chi connectivity index (χ4v) is 4.31. The fourth-order valence-electron chi connectivity index (χ4n) is 3.16. The molecular formula is C23H17ClN4O4S. The molecule has 166 valence electrons. The molecule has 1 unspecified atom stereocenters. The van der Waals surface area contributed by atoms with Gasteiger partial charge in [-0.25, -0.2) is 4.98 Å². The maximum Gasteiger partial charge on any atom is 0.271 e. The van der Waals surface area contributed by atoms with Crippen LogP contribution in [0.15, 0.2) is 82.7 Å². The number of nitro groups is 1. The summed E-state index contributed by atoms with van der Waals surface area (Å²) in [6.45, 7) is 1.68. The van der Waals surface area contributed by atoms with Gasteiger partial charge in [0.25, 0.3) is 11.2 Å². The second-order valence-corrected chi connectivity index (χ2v) is 8.77. The van der Waals surface area contributed by atoms with Crippen molar-refractivity contribution in [3.8, 4) is 5.69 Å². The summed E-state index contributed by atoms with van der Waals surface area (Å²) in [5, 5.41) is 13.8. The van der Waals surface area contributed by atoms with Crippen molar-refractivity contribution in [2.24, 2.45) is 0 Å². The minimum atomic E-state index is -0.653. The molecule has 0 spiro atoms. The standard InChI is InChI=1S/C23H17ClN4O4S/c1-14(21(29)25-20-12-11-16(28(31)32)13-18(20)24)33-23-26-19-10-6-5-9-17(19)22(30)27(23)15-7-3-2-4-8-15/h2-14H,1H3,(H,25,29). The van der Waals surface area contributed by atoms with Crippen LogP contribution in [0, 0.1) is 10.1 Å². The Morgan fingerprint density at radius 2 is 1.82 bits per heavy atom. The van der Waals surface area contributed by atoms with Gasteiger partial charge in [0.15, 0.2) is 5.16 Å². The summed E-state index contributed by atoms with van der Waals surface area (Å²) in [5.74, 6) is -0.391. The highest BCUT2D eigenvalue weighted by Crippen LogP contribution is 2.29. The van der Waals surface area contributed by atoms with E-state index in [0.29, 0.717) is 21.7 Å². The third kappa shape index (κ3) is 4.74. The SMILES string of the molecule is CC(Sc1nc2ccccc2c(=O)n1-c1ccccc1)C(=O)Nc1ccc([N+](=O)[O-])cc1Cl. The first-order chi connectivity index (χ1) is 15.8. The van der Waals surface area contributed by atoms with Gasteiger partial charge in [-0.05, 0) is 37.3 Å². The van der Waals surface area contributed by atoms with Gasteiger partial charge in [0.05, 0.1) is 37.5 Å². The molecule has 33 heavy (non-hydrogen) atoms. The third-order valence-electron chi connectivity index (χ3n) is 4.83. The number of thioether (sulfide) groups is 1. The molecule has 4 rings (SSSR count). The van der Waals surface area contributed by atoms with Crippen molar-refractivity contribution in [2.75, 3.05) is 5.32 Å². The number of para-hydroxylation sites is 2. The van der Waals surface area contributed by atoms with Gasteiger partial charge in [-0.15, -0.1) is 0 Å². The van der Waals surface area contributed by atoms with Crippen LogP contribution in [0.5, 0.6) is 0 Å². The molecule has 10 heteroatoms. The lowest BCUT2D eigenvalue weighted by atomic mass is 10.2. The zero-order valence-corrected chi connectivity index (χ0v) is 18.8. The van der Waals surface area contributed by atoms with E-state index in [1.165, 1.54) is 22.8 Å². The Bertz CT molecular complexity index is 1430. The zero-order valence-electron chi connectivity index (χ0n) is 17.3. The van der Waals surface area contributed by atoms with E-state index in [0.717, 1.165) is 11.8 Å². The van der Waals surface area contributed by atoms with Crippen molar-refractivity contribution in [2.45, 2.75) is 17.3 Å². The number of nitrogens with zero attached hydrogens (tertiary/aromatic N) is 3. The first-order valence-electron chi connectivity index (χ1n) is 9.84. The molecule has 0 aliphatic rings. The van der Waals surface area contributed by atoms with Crippen LogP contribution in [0.25, 0.3) is 16.6 Å². The summed E-state index contributed by atoms with van der Waals surface area (Å²) in [5.41, 5.74) is 1.01. The van der Waals surface area contributed by atoms with Gasteiger partial charge in [-0.2, -0.15) is 0 Å². The molecule has 4 aromatic rings. The lowest BCUT2D eigenvalue weighted by Crippen LogP contribution is -2.26. The lowest BCUT2D eigenvalue weighted by Gasteiger charge is -2.16. The lowest BCUT2D eigenvalue weighted by molar-refractivity contribution is -0.384. The van der Waals surface area contributed by atoms with Crippen molar-refractivity contribution < 1.29 is 9.72 Å². The molecule has 0 aliphatic heterocycles. The molecule has 1 aromatic heterocycles. The summed E-state index contributed by atoms with van der Waals surface area (Å²) < 4.78 is 1.48.